The van der Waals surface area contributed by atoms with Crippen LogP contribution in [-0.4, -0.2) is 305 Å². The minimum atomic E-state index is 0.595. The fourth-order valence-electron chi connectivity index (χ4n) is 20.4. The maximum Gasteiger partial charge on any atom is 0.147 e. The van der Waals surface area contributed by atoms with E-state index >= 15 is 0 Å². The Morgan fingerprint density at radius 1 is 0.442 bits per heavy atom. The molecule has 7 atom stereocenters. The number of likely N-dealkylation sites (tertiary alicyclic amines) is 1. The van der Waals surface area contributed by atoms with Gasteiger partial charge in [0, 0.05) is 183 Å². The van der Waals surface area contributed by atoms with Crippen molar-refractivity contribution in [1.29, 1.82) is 0 Å². The quantitative estimate of drug-likeness (QED) is 0.0875. The topological polar surface area (TPSA) is 169 Å². The molecule has 0 spiro atoms. The third-order valence-corrected chi connectivity index (χ3v) is 30.3. The lowest BCUT2D eigenvalue weighted by Gasteiger charge is -2.35. The van der Waals surface area contributed by atoms with Crippen LogP contribution in [0.15, 0.2) is 165 Å². The number of aromatic nitrogens is 8. The SMILES string of the molecule is C#CCN1CCC(c2ccc(C)cc2)CC1.CCN(CC)C1CCN(c2cnc(C)cn2)C1.CNC1CCN(c2cnc(C)cn2)C1.Cc1ccc(N2CC3CCCNC3C2)cc1.Cc1ccc(N2CCCN(C)CC2)cc1.Cc1ccc(N2CCCN(C3CC3)CC2)cc1.Cc1ccc(N2C[C@H](C)C[C@H](C)C2)s1.Cc1cnc(C2=CCN(C)CC2)cn1.Cc1cnc(N2CCC(N(C)C)C2)cn1. The molecule has 20 rings (SSSR count). The summed E-state index contributed by atoms with van der Waals surface area (Å²) in [4.78, 5) is 67.7. The van der Waals surface area contributed by atoms with Crippen LogP contribution < -0.4 is 44.9 Å². The monoisotopic (exact) mass is 1890 g/mol. The molecule has 15 heterocycles. The molecular weight excluding hydrogens is 1720 g/mol. The summed E-state index contributed by atoms with van der Waals surface area (Å²) in [5, 5.41) is 8.39. The van der Waals surface area contributed by atoms with Gasteiger partial charge in [-0.25, -0.2) is 15.0 Å². The molecular formula is C114H171N23S. The van der Waals surface area contributed by atoms with Crippen molar-refractivity contribution in [3.8, 4) is 12.3 Å². The van der Waals surface area contributed by atoms with E-state index in [4.69, 9.17) is 6.42 Å². The highest BCUT2D eigenvalue weighted by atomic mass is 32.1. The standard InChI is InChI=1S/C15H22N2.C15H19N.C14H20N2.C13H22N4.C13H20N2.C12H19NS.C11H18N4.C11H15N3.C10H16N4/c1-13-3-5-14(6-4-13)16-9-2-10-17(12-11-16)15-7-8-15;1-3-10-16-11-8-15(9-12-16)14-6-4-13(2)5-7-14;1-11-4-6-13(7-5-11)16-9-12-3-2-8-15-14(12)10-16;1-4-16(5-2)12-6-7-17(10-12)13-9-14-11(3)8-15-13;1-12-4-6-13(7-5-12)15-9-3-8-14(2)10-11-15;1-9-6-10(2)8-13(7-9)12-5-4-11(3)14-12;1-9-6-13-11(7-12-9)15-5-4-10(8-15)14(2)3;1-9-7-13-11(8-12-9)10-3-5-14(2)6-4-10;1-8-5-13-10(6-12-8)14-4-3-9(7-14)11-2/h3-6,15H,2,7-12H2,1H3;1,4-7,15H,8-12H2,2H3;4-7,12,14-15H,2-3,8-10H2,1H3;8-9,12H,4-7,10H2,1-3H3;4-7H,3,8-11H2,1-2H3;4-5,9-10H,6-8H2,1-3H3;6-7,10H,4-5,8H2,1-3H3;3,7-8H,4-6H2,1-2H3;5-6,9,11H,3-4,7H2,1-2H3/t;;;;;9-,10+;;;. The molecule has 23 nitrogen and oxygen atoms in total. The van der Waals surface area contributed by atoms with E-state index in [9.17, 15) is 0 Å². The van der Waals surface area contributed by atoms with Crippen LogP contribution in [0.3, 0.4) is 0 Å². The van der Waals surface area contributed by atoms with Gasteiger partial charge in [-0.1, -0.05) is 123 Å². The predicted molar refractivity (Wildman–Crippen MR) is 583 cm³/mol. The molecule has 138 heavy (non-hydrogen) atoms. The Labute approximate surface area is 836 Å². The summed E-state index contributed by atoms with van der Waals surface area (Å²) in [7, 11) is 10.6. The van der Waals surface area contributed by atoms with Crippen LogP contribution in [0.4, 0.5) is 39.5 Å². The highest BCUT2D eigenvalue weighted by molar-refractivity contribution is 7.16. The van der Waals surface area contributed by atoms with E-state index in [0.29, 0.717) is 18.1 Å². The van der Waals surface area contributed by atoms with Crippen LogP contribution in [0, 0.1) is 92.4 Å². The number of nitrogens with zero attached hydrogens (tertiary/aromatic N) is 21. The number of rotatable bonds is 16. The molecule has 2 N–H and O–H groups in total. The second-order valence-corrected chi connectivity index (χ2v) is 42.3. The predicted octanol–water partition coefficient (Wildman–Crippen LogP) is 18.1. The Morgan fingerprint density at radius 3 is 1.41 bits per heavy atom. The van der Waals surface area contributed by atoms with E-state index in [1.807, 2.05) is 95.7 Å². The molecule has 1 aliphatic carbocycles. The van der Waals surface area contributed by atoms with Crippen molar-refractivity contribution in [3.05, 3.63) is 226 Å². The fraction of sp³-hybridized carbons (Fsp3) is 0.579. The van der Waals surface area contributed by atoms with Gasteiger partial charge in [0.05, 0.1) is 83.4 Å². The second kappa shape index (κ2) is 55.6. The van der Waals surface area contributed by atoms with E-state index < -0.39 is 0 Å². The summed E-state index contributed by atoms with van der Waals surface area (Å²) in [6.45, 7) is 57.5. The van der Waals surface area contributed by atoms with Crippen LogP contribution in [0.2, 0.25) is 0 Å². The van der Waals surface area contributed by atoms with Gasteiger partial charge >= 0.3 is 0 Å². The average molecular weight is 1900 g/mol. The van der Waals surface area contributed by atoms with E-state index in [1.54, 1.807) is 0 Å². The molecule has 4 aromatic carbocycles. The summed E-state index contributed by atoms with van der Waals surface area (Å²) in [6, 6.07) is 43.8. The third-order valence-electron chi connectivity index (χ3n) is 29.2. The zero-order valence-electron chi connectivity index (χ0n) is 87.7. The van der Waals surface area contributed by atoms with Gasteiger partial charge in [-0.3, -0.25) is 39.6 Å². The zero-order valence-corrected chi connectivity index (χ0v) is 88.6. The number of aryl methyl sites for hydroxylation is 9. The number of hydrogen-bond donors (Lipinski definition) is 2. The van der Waals surface area contributed by atoms with Crippen LogP contribution in [-0.2, 0) is 0 Å². The first-order chi connectivity index (χ1) is 66.8. The Balaban J connectivity index is 0.000000139. The lowest BCUT2D eigenvalue weighted by molar-refractivity contribution is 0.232. The lowest BCUT2D eigenvalue weighted by atomic mass is 9.89. The van der Waals surface area contributed by atoms with Gasteiger partial charge in [-0.15, -0.1) is 17.8 Å². The molecule has 24 heteroatoms. The molecule has 0 amide bonds. The van der Waals surface area contributed by atoms with Crippen molar-refractivity contribution in [1.82, 2.24) is 79.9 Å². The molecule has 5 aromatic heterocycles. The van der Waals surface area contributed by atoms with Gasteiger partial charge in [-0.2, -0.15) is 0 Å². The number of likely N-dealkylation sites (N-methyl/N-ethyl adjacent to an activating group) is 5. The summed E-state index contributed by atoms with van der Waals surface area (Å²) >= 11 is 1.92. The first kappa shape index (κ1) is 107. The van der Waals surface area contributed by atoms with Crippen LogP contribution in [0.1, 0.15) is 178 Å². The van der Waals surface area contributed by atoms with Crippen molar-refractivity contribution < 1.29 is 0 Å². The molecule has 0 bridgehead atoms. The molecule has 5 unspecified atom stereocenters. The highest BCUT2D eigenvalue weighted by Gasteiger charge is 2.36. The number of hydrogen-bond acceptors (Lipinski definition) is 24. The van der Waals surface area contributed by atoms with Crippen molar-refractivity contribution in [2.45, 2.75) is 210 Å². The number of thiophene rings is 1. The highest BCUT2D eigenvalue weighted by Crippen LogP contribution is 2.35. The van der Waals surface area contributed by atoms with Crippen LogP contribution in [0.25, 0.3) is 5.57 Å². The number of terminal acetylenes is 1. The van der Waals surface area contributed by atoms with E-state index in [-0.39, 0.29) is 0 Å². The lowest BCUT2D eigenvalue weighted by Crippen LogP contribution is -2.40. The summed E-state index contributed by atoms with van der Waals surface area (Å²) in [6.07, 6.45) is 39.2. The Hall–Kier alpha value is -9.52. The Morgan fingerprint density at radius 2 is 0.949 bits per heavy atom. The van der Waals surface area contributed by atoms with Gasteiger partial charge in [-0.05, 0) is 304 Å². The largest absolute Gasteiger partial charge is 0.370 e. The molecule has 10 fully saturated rings. The minimum Gasteiger partial charge on any atom is -0.370 e. The fourth-order valence-corrected chi connectivity index (χ4v) is 21.3. The average Bonchev–Trinajstić information content (AvgIpc) is 1.68. The molecule has 9 saturated heterocycles. The molecule has 9 aromatic rings. The second-order valence-electron chi connectivity index (χ2n) is 41.0. The van der Waals surface area contributed by atoms with Crippen LogP contribution >= 0.6 is 11.3 Å². The first-order valence-corrected chi connectivity index (χ1v) is 53.1. The van der Waals surface area contributed by atoms with Gasteiger partial charge in [0.1, 0.15) is 17.5 Å². The number of piperidine rings is 3. The number of fused-ring (bicyclic) bond motifs is 1. The van der Waals surface area contributed by atoms with E-state index in [2.05, 4.69) is 326 Å². The van der Waals surface area contributed by atoms with Crippen molar-refractivity contribution in [2.75, 3.05) is 240 Å². The van der Waals surface area contributed by atoms with Gasteiger partial charge < -0.3 is 59.6 Å². The Kier molecular flexibility index (Phi) is 43.3. The molecule has 10 aliphatic heterocycles. The molecule has 11 aliphatic rings. The first-order valence-electron chi connectivity index (χ1n) is 52.3. The van der Waals surface area contributed by atoms with Gasteiger partial charge in [0.15, 0.2) is 0 Å². The molecule has 748 valence electrons. The third kappa shape index (κ3) is 34.7. The zero-order chi connectivity index (χ0) is 97.8. The number of benzene rings is 4. The van der Waals surface area contributed by atoms with E-state index in [1.165, 1.54) is 216 Å². The molecule has 1 saturated carbocycles. The maximum atomic E-state index is 5.33. The van der Waals surface area contributed by atoms with Gasteiger partial charge in [0.25, 0.3) is 0 Å². The van der Waals surface area contributed by atoms with Crippen molar-refractivity contribution in [2.24, 2.45) is 17.8 Å². The maximum absolute atomic E-state index is 5.33. The summed E-state index contributed by atoms with van der Waals surface area (Å²) < 4.78 is 0. The number of anilines is 7. The van der Waals surface area contributed by atoms with Gasteiger partial charge in [0.2, 0.25) is 0 Å². The minimum absolute atomic E-state index is 0.595. The Bertz CT molecular complexity index is 4970. The number of nitrogens with one attached hydrogen (secondary N) is 2. The summed E-state index contributed by atoms with van der Waals surface area (Å²) in [5.74, 6) is 9.04. The smallest absolute Gasteiger partial charge is 0.147 e. The van der Waals surface area contributed by atoms with Crippen LogP contribution in [0.5, 0.6) is 0 Å². The summed E-state index contributed by atoms with van der Waals surface area (Å²) in [5.41, 5.74) is 17.3. The van der Waals surface area contributed by atoms with E-state index in [0.717, 1.165) is 180 Å². The van der Waals surface area contributed by atoms with Crippen molar-refractivity contribution in [3.63, 3.8) is 0 Å². The normalized spacial score (nSPS) is 22.0. The molecule has 0 radical (unpaired) electrons. The van der Waals surface area contributed by atoms with Crippen molar-refractivity contribution >= 4 is 56.4 Å².